The van der Waals surface area contributed by atoms with Crippen molar-refractivity contribution in [1.29, 1.82) is 0 Å². The second-order valence-electron chi connectivity index (χ2n) is 4.56. The quantitative estimate of drug-likeness (QED) is 0.704. The number of rotatable bonds is 8. The zero-order valence-electron chi connectivity index (χ0n) is 11.2. The number of benzene rings is 1. The van der Waals surface area contributed by atoms with E-state index in [1.165, 1.54) is 12.1 Å². The Morgan fingerprint density at radius 2 is 1.95 bits per heavy atom. The topological polar surface area (TPSA) is 46.2 Å². The summed E-state index contributed by atoms with van der Waals surface area (Å²) in [7, 11) is -3.65. The highest BCUT2D eigenvalue weighted by Crippen LogP contribution is 2.25. The van der Waals surface area contributed by atoms with E-state index in [2.05, 4.69) is 11.6 Å². The SMILES string of the molecule is CCCC(CCCl)CNS(=O)(=O)c1cc(Cl)ccc1Cl. The van der Waals surface area contributed by atoms with E-state index < -0.39 is 10.0 Å². The Hall–Kier alpha value is -0.000000000000000111. The lowest BCUT2D eigenvalue weighted by Crippen LogP contribution is -2.30. The maximum Gasteiger partial charge on any atom is 0.242 e. The molecule has 20 heavy (non-hydrogen) atoms. The van der Waals surface area contributed by atoms with Crippen molar-refractivity contribution < 1.29 is 8.42 Å². The Labute approximate surface area is 135 Å². The van der Waals surface area contributed by atoms with Crippen LogP contribution in [0.5, 0.6) is 0 Å². The summed E-state index contributed by atoms with van der Waals surface area (Å²) in [6.45, 7) is 2.41. The normalized spacial score (nSPS) is 13.4. The Kier molecular flexibility index (Phi) is 7.62. The molecule has 0 aliphatic heterocycles. The van der Waals surface area contributed by atoms with Crippen LogP contribution in [-0.4, -0.2) is 20.8 Å². The lowest BCUT2D eigenvalue weighted by atomic mass is 10.0. The summed E-state index contributed by atoms with van der Waals surface area (Å²) in [5.41, 5.74) is 0. The molecule has 1 rings (SSSR count). The third-order valence-electron chi connectivity index (χ3n) is 2.96. The minimum atomic E-state index is -3.65. The molecule has 1 aromatic carbocycles. The molecule has 0 aromatic heterocycles. The molecule has 7 heteroatoms. The van der Waals surface area contributed by atoms with Crippen LogP contribution in [0, 0.1) is 5.92 Å². The number of alkyl halides is 1. The average molecular weight is 359 g/mol. The van der Waals surface area contributed by atoms with Crippen molar-refractivity contribution in [3.05, 3.63) is 28.2 Å². The molecule has 0 radical (unpaired) electrons. The lowest BCUT2D eigenvalue weighted by Gasteiger charge is -2.16. The third-order valence-corrected chi connectivity index (χ3v) is 5.32. The van der Waals surface area contributed by atoms with Gasteiger partial charge in [0.1, 0.15) is 4.90 Å². The van der Waals surface area contributed by atoms with Crippen LogP contribution < -0.4 is 4.72 Å². The Morgan fingerprint density at radius 1 is 1.25 bits per heavy atom. The first kappa shape index (κ1) is 18.1. The van der Waals surface area contributed by atoms with E-state index in [9.17, 15) is 8.42 Å². The van der Waals surface area contributed by atoms with Crippen LogP contribution in [-0.2, 0) is 10.0 Å². The van der Waals surface area contributed by atoms with Gasteiger partial charge in [-0.15, -0.1) is 11.6 Å². The van der Waals surface area contributed by atoms with Gasteiger partial charge in [0.25, 0.3) is 0 Å². The summed E-state index contributed by atoms with van der Waals surface area (Å²) in [5.74, 6) is 0.745. The summed E-state index contributed by atoms with van der Waals surface area (Å²) in [6, 6.07) is 4.37. The number of hydrogen-bond acceptors (Lipinski definition) is 2. The predicted molar refractivity (Wildman–Crippen MR) is 85.4 cm³/mol. The van der Waals surface area contributed by atoms with Crippen LogP contribution in [0.1, 0.15) is 26.2 Å². The molecule has 0 saturated heterocycles. The number of halogens is 3. The molecule has 0 fully saturated rings. The van der Waals surface area contributed by atoms with Gasteiger partial charge >= 0.3 is 0 Å². The molecule has 3 nitrogen and oxygen atoms in total. The van der Waals surface area contributed by atoms with Crippen molar-refractivity contribution in [2.24, 2.45) is 5.92 Å². The van der Waals surface area contributed by atoms with Gasteiger partial charge in [-0.2, -0.15) is 0 Å². The average Bonchev–Trinajstić information content (AvgIpc) is 2.39. The van der Waals surface area contributed by atoms with Gasteiger partial charge in [0.2, 0.25) is 10.0 Å². The summed E-state index contributed by atoms with van der Waals surface area (Å²) < 4.78 is 27.0. The first-order valence-corrected chi connectivity index (χ1v) is 9.18. The molecule has 114 valence electrons. The van der Waals surface area contributed by atoms with Crippen molar-refractivity contribution in [2.75, 3.05) is 12.4 Å². The maximum atomic E-state index is 12.2. The molecule has 1 atom stereocenters. The van der Waals surface area contributed by atoms with Gasteiger partial charge in [-0.05, 0) is 37.0 Å². The first-order valence-electron chi connectivity index (χ1n) is 6.41. The highest BCUT2D eigenvalue weighted by Gasteiger charge is 2.19. The van der Waals surface area contributed by atoms with Crippen LogP contribution in [0.3, 0.4) is 0 Å². The lowest BCUT2D eigenvalue weighted by molar-refractivity contribution is 0.457. The van der Waals surface area contributed by atoms with Gasteiger partial charge in [-0.1, -0.05) is 36.5 Å². The van der Waals surface area contributed by atoms with E-state index in [4.69, 9.17) is 34.8 Å². The highest BCUT2D eigenvalue weighted by atomic mass is 35.5. The monoisotopic (exact) mass is 357 g/mol. The van der Waals surface area contributed by atoms with Gasteiger partial charge in [-0.25, -0.2) is 13.1 Å². The van der Waals surface area contributed by atoms with Crippen molar-refractivity contribution in [3.8, 4) is 0 Å². The third kappa shape index (κ3) is 5.41. The van der Waals surface area contributed by atoms with Gasteiger partial charge in [0.15, 0.2) is 0 Å². The van der Waals surface area contributed by atoms with E-state index in [-0.39, 0.29) is 15.8 Å². The fourth-order valence-electron chi connectivity index (χ4n) is 1.90. The predicted octanol–water partition coefficient (Wildman–Crippen LogP) is 4.32. The Balaban J connectivity index is 2.81. The highest BCUT2D eigenvalue weighted by molar-refractivity contribution is 7.89. The first-order chi connectivity index (χ1) is 9.40. The van der Waals surface area contributed by atoms with Gasteiger partial charge in [0.05, 0.1) is 5.02 Å². The van der Waals surface area contributed by atoms with Gasteiger partial charge < -0.3 is 0 Å². The molecule has 0 bridgehead atoms. The van der Waals surface area contributed by atoms with Crippen molar-refractivity contribution >= 4 is 44.8 Å². The summed E-state index contributed by atoms with van der Waals surface area (Å²) in [5, 5.41) is 0.493. The van der Waals surface area contributed by atoms with Crippen molar-refractivity contribution in [3.63, 3.8) is 0 Å². The van der Waals surface area contributed by atoms with Crippen molar-refractivity contribution in [1.82, 2.24) is 4.72 Å². The summed E-state index contributed by atoms with van der Waals surface area (Å²) in [6.07, 6.45) is 2.70. The van der Waals surface area contributed by atoms with Crippen molar-refractivity contribution in [2.45, 2.75) is 31.1 Å². The molecule has 0 aliphatic carbocycles. The van der Waals surface area contributed by atoms with E-state index in [1.54, 1.807) is 6.07 Å². The minimum Gasteiger partial charge on any atom is -0.211 e. The molecule has 0 amide bonds. The molecule has 1 N–H and O–H groups in total. The van der Waals surface area contributed by atoms with E-state index >= 15 is 0 Å². The van der Waals surface area contributed by atoms with E-state index in [0.29, 0.717) is 17.4 Å². The minimum absolute atomic E-state index is 0.00721. The fourth-order valence-corrected chi connectivity index (χ4v) is 4.08. The maximum absolute atomic E-state index is 12.2. The standard InChI is InChI=1S/C13H18Cl3NO2S/c1-2-3-10(6-7-14)9-17-20(18,19)13-8-11(15)4-5-12(13)16/h4-5,8,10,17H,2-3,6-7,9H2,1H3. The van der Waals surface area contributed by atoms with E-state index in [0.717, 1.165) is 19.3 Å². The zero-order valence-corrected chi connectivity index (χ0v) is 14.3. The van der Waals surface area contributed by atoms with Gasteiger partial charge in [-0.3, -0.25) is 0 Å². The Bertz CT molecular complexity index is 528. The number of hydrogen-bond donors (Lipinski definition) is 1. The largest absolute Gasteiger partial charge is 0.242 e. The molecule has 0 aliphatic rings. The van der Waals surface area contributed by atoms with Crippen LogP contribution in [0.15, 0.2) is 23.1 Å². The molecular formula is C13H18Cl3NO2S. The second-order valence-corrected chi connectivity index (χ2v) is 7.52. The fraction of sp³-hybridized carbons (Fsp3) is 0.538. The van der Waals surface area contributed by atoms with Crippen LogP contribution >= 0.6 is 34.8 Å². The summed E-state index contributed by atoms with van der Waals surface area (Å²) in [4.78, 5) is 0.00721. The summed E-state index contributed by atoms with van der Waals surface area (Å²) >= 11 is 17.5. The molecule has 0 heterocycles. The molecule has 0 spiro atoms. The zero-order chi connectivity index (χ0) is 15.2. The number of nitrogens with one attached hydrogen (secondary N) is 1. The Morgan fingerprint density at radius 3 is 2.55 bits per heavy atom. The molecule has 1 aromatic rings. The smallest absolute Gasteiger partial charge is 0.211 e. The van der Waals surface area contributed by atoms with Crippen LogP contribution in [0.25, 0.3) is 0 Å². The van der Waals surface area contributed by atoms with Crippen LogP contribution in [0.4, 0.5) is 0 Å². The van der Waals surface area contributed by atoms with Gasteiger partial charge in [0, 0.05) is 17.4 Å². The van der Waals surface area contributed by atoms with E-state index in [1.807, 2.05) is 0 Å². The second kappa shape index (κ2) is 8.44. The molecule has 0 saturated carbocycles. The van der Waals surface area contributed by atoms with Crippen LogP contribution in [0.2, 0.25) is 10.0 Å². The number of sulfonamides is 1. The molecule has 1 unspecified atom stereocenters. The molecular weight excluding hydrogens is 341 g/mol.